The van der Waals surface area contributed by atoms with E-state index >= 15 is 0 Å². The number of likely N-dealkylation sites (tertiary alicyclic amines) is 1. The van der Waals surface area contributed by atoms with E-state index in [0.717, 1.165) is 31.7 Å². The minimum atomic E-state index is 0.319. The van der Waals surface area contributed by atoms with Crippen LogP contribution in [-0.4, -0.2) is 39.9 Å². The van der Waals surface area contributed by atoms with E-state index in [0.29, 0.717) is 12.5 Å². The molecule has 90 valence electrons. The molecule has 1 aliphatic heterocycles. The summed E-state index contributed by atoms with van der Waals surface area (Å²) >= 11 is 0. The Labute approximate surface area is 96.7 Å². The van der Waals surface area contributed by atoms with Gasteiger partial charge >= 0.3 is 0 Å². The third kappa shape index (κ3) is 2.44. The number of rotatable bonds is 3. The lowest BCUT2D eigenvalue weighted by Gasteiger charge is -2.31. The highest BCUT2D eigenvalue weighted by Gasteiger charge is 2.20. The van der Waals surface area contributed by atoms with Crippen molar-refractivity contribution in [1.29, 1.82) is 0 Å². The molecule has 0 unspecified atom stereocenters. The van der Waals surface area contributed by atoms with Crippen molar-refractivity contribution in [2.75, 3.05) is 19.7 Å². The number of aromatic amines is 1. The summed E-state index contributed by atoms with van der Waals surface area (Å²) in [5.41, 5.74) is 3.59. The molecule has 0 spiro atoms. The maximum atomic E-state index is 9.20. The van der Waals surface area contributed by atoms with Gasteiger partial charge in [-0.15, -0.1) is 0 Å². The van der Waals surface area contributed by atoms with Gasteiger partial charge in [0.1, 0.15) is 0 Å². The highest BCUT2D eigenvalue weighted by molar-refractivity contribution is 5.22. The van der Waals surface area contributed by atoms with Crippen LogP contribution < -0.4 is 0 Å². The van der Waals surface area contributed by atoms with E-state index in [4.69, 9.17) is 0 Å². The van der Waals surface area contributed by atoms with Gasteiger partial charge in [-0.05, 0) is 39.2 Å². The Hall–Kier alpha value is -0.870. The van der Waals surface area contributed by atoms with Gasteiger partial charge in [-0.2, -0.15) is 5.10 Å². The fraction of sp³-hybridized carbons (Fsp3) is 0.750. The molecule has 0 aliphatic carbocycles. The third-order valence-electron chi connectivity index (χ3n) is 3.52. The first kappa shape index (κ1) is 11.6. The number of H-pyrrole nitrogens is 1. The maximum absolute atomic E-state index is 9.20. The zero-order chi connectivity index (χ0) is 11.5. The molecule has 2 rings (SSSR count). The third-order valence-corrected chi connectivity index (χ3v) is 3.52. The minimum Gasteiger partial charge on any atom is -0.396 e. The number of aliphatic hydroxyl groups is 1. The molecule has 1 aromatic heterocycles. The number of nitrogens with one attached hydrogen (secondary N) is 1. The van der Waals surface area contributed by atoms with Crippen molar-refractivity contribution in [1.82, 2.24) is 15.1 Å². The Morgan fingerprint density at radius 2 is 2.31 bits per heavy atom. The van der Waals surface area contributed by atoms with Crippen LogP contribution in [0.4, 0.5) is 0 Å². The highest BCUT2D eigenvalue weighted by atomic mass is 16.3. The van der Waals surface area contributed by atoms with E-state index < -0.39 is 0 Å². The molecule has 4 nitrogen and oxygen atoms in total. The first-order valence-electron chi connectivity index (χ1n) is 6.04. The number of hydrogen-bond acceptors (Lipinski definition) is 3. The van der Waals surface area contributed by atoms with Crippen LogP contribution in [0, 0.1) is 19.8 Å². The van der Waals surface area contributed by atoms with E-state index in [1.165, 1.54) is 17.7 Å². The first-order chi connectivity index (χ1) is 7.70. The predicted octanol–water partition coefficient (Wildman–Crippen LogP) is 1.23. The molecule has 1 aromatic rings. The molecule has 0 aromatic carbocycles. The lowest BCUT2D eigenvalue weighted by molar-refractivity contribution is 0.115. The summed E-state index contributed by atoms with van der Waals surface area (Å²) in [4.78, 5) is 2.43. The van der Waals surface area contributed by atoms with Crippen LogP contribution in [0.3, 0.4) is 0 Å². The number of aryl methyl sites for hydroxylation is 2. The lowest BCUT2D eigenvalue weighted by Crippen LogP contribution is -2.36. The summed E-state index contributed by atoms with van der Waals surface area (Å²) in [5, 5.41) is 16.4. The number of aromatic nitrogens is 2. The molecular formula is C12H21N3O. The molecule has 1 aliphatic rings. The topological polar surface area (TPSA) is 52.2 Å². The van der Waals surface area contributed by atoms with Gasteiger partial charge in [-0.3, -0.25) is 10.00 Å². The van der Waals surface area contributed by atoms with Crippen LogP contribution in [0.15, 0.2) is 0 Å². The zero-order valence-electron chi connectivity index (χ0n) is 10.2. The first-order valence-corrected chi connectivity index (χ1v) is 6.04. The fourth-order valence-corrected chi connectivity index (χ4v) is 2.47. The van der Waals surface area contributed by atoms with E-state index in [-0.39, 0.29) is 0 Å². The second-order valence-corrected chi connectivity index (χ2v) is 4.84. The maximum Gasteiger partial charge on any atom is 0.0639 e. The largest absolute Gasteiger partial charge is 0.396 e. The van der Waals surface area contributed by atoms with Gasteiger partial charge in [0.25, 0.3) is 0 Å². The van der Waals surface area contributed by atoms with Crippen molar-refractivity contribution in [3.63, 3.8) is 0 Å². The minimum absolute atomic E-state index is 0.319. The molecule has 4 heteroatoms. The van der Waals surface area contributed by atoms with E-state index in [1.54, 1.807) is 0 Å². The molecule has 1 saturated heterocycles. The quantitative estimate of drug-likeness (QED) is 0.810. The molecule has 0 bridgehead atoms. The molecule has 16 heavy (non-hydrogen) atoms. The molecule has 2 heterocycles. The van der Waals surface area contributed by atoms with Crippen molar-refractivity contribution in [3.05, 3.63) is 17.0 Å². The Morgan fingerprint density at radius 3 is 2.94 bits per heavy atom. The van der Waals surface area contributed by atoms with Crippen molar-refractivity contribution in [2.24, 2.45) is 5.92 Å². The Balaban J connectivity index is 1.99. The molecule has 0 amide bonds. The summed E-state index contributed by atoms with van der Waals surface area (Å²) in [6, 6.07) is 0. The van der Waals surface area contributed by atoms with Gasteiger partial charge < -0.3 is 5.11 Å². The van der Waals surface area contributed by atoms with Crippen molar-refractivity contribution in [3.8, 4) is 0 Å². The number of piperidine rings is 1. The van der Waals surface area contributed by atoms with Crippen molar-refractivity contribution >= 4 is 0 Å². The van der Waals surface area contributed by atoms with E-state index in [1.807, 2.05) is 6.92 Å². The normalized spacial score (nSPS) is 22.6. The molecule has 1 fully saturated rings. The monoisotopic (exact) mass is 223 g/mol. The predicted molar refractivity (Wildman–Crippen MR) is 63.1 cm³/mol. The summed E-state index contributed by atoms with van der Waals surface area (Å²) in [5.74, 6) is 0.460. The van der Waals surface area contributed by atoms with Crippen LogP contribution in [0.2, 0.25) is 0 Å². The zero-order valence-corrected chi connectivity index (χ0v) is 10.2. The standard InChI is InChI=1S/C12H21N3O/c1-9-12(10(2)14-13-9)7-15-5-3-4-11(6-15)8-16/h11,16H,3-8H2,1-2H3,(H,13,14)/t11-/m1/s1. The Bertz CT molecular complexity index is 329. The van der Waals surface area contributed by atoms with Crippen LogP contribution in [0.5, 0.6) is 0 Å². The van der Waals surface area contributed by atoms with Gasteiger partial charge in [-0.25, -0.2) is 0 Å². The van der Waals surface area contributed by atoms with Gasteiger partial charge in [0.2, 0.25) is 0 Å². The highest BCUT2D eigenvalue weighted by Crippen LogP contribution is 2.20. The number of hydrogen-bond donors (Lipinski definition) is 2. The van der Waals surface area contributed by atoms with E-state index in [2.05, 4.69) is 22.0 Å². The Kier molecular flexibility index (Phi) is 3.61. The smallest absolute Gasteiger partial charge is 0.0639 e. The van der Waals surface area contributed by atoms with Crippen molar-refractivity contribution < 1.29 is 5.11 Å². The lowest BCUT2D eigenvalue weighted by atomic mass is 9.98. The SMILES string of the molecule is Cc1n[nH]c(C)c1CN1CCC[C@@H](CO)C1. The van der Waals surface area contributed by atoms with Crippen LogP contribution in [0.25, 0.3) is 0 Å². The molecule has 1 atom stereocenters. The summed E-state index contributed by atoms with van der Waals surface area (Å²) in [6.07, 6.45) is 2.36. The van der Waals surface area contributed by atoms with Crippen LogP contribution in [-0.2, 0) is 6.54 Å². The number of aliphatic hydroxyl groups excluding tert-OH is 1. The molecule has 0 radical (unpaired) electrons. The van der Waals surface area contributed by atoms with Gasteiger partial charge in [-0.1, -0.05) is 0 Å². The fourth-order valence-electron chi connectivity index (χ4n) is 2.47. The van der Waals surface area contributed by atoms with Crippen molar-refractivity contribution in [2.45, 2.75) is 33.2 Å². The molecule has 2 N–H and O–H groups in total. The average Bonchev–Trinajstić information content (AvgIpc) is 2.61. The average molecular weight is 223 g/mol. The Morgan fingerprint density at radius 1 is 1.50 bits per heavy atom. The second kappa shape index (κ2) is 4.97. The van der Waals surface area contributed by atoms with Crippen LogP contribution >= 0.6 is 0 Å². The second-order valence-electron chi connectivity index (χ2n) is 4.84. The summed E-state index contributed by atoms with van der Waals surface area (Å²) < 4.78 is 0. The number of nitrogens with zero attached hydrogens (tertiary/aromatic N) is 2. The molecular weight excluding hydrogens is 202 g/mol. The van der Waals surface area contributed by atoms with Gasteiger partial charge in [0.15, 0.2) is 0 Å². The van der Waals surface area contributed by atoms with E-state index in [9.17, 15) is 5.11 Å². The summed E-state index contributed by atoms with van der Waals surface area (Å²) in [7, 11) is 0. The van der Waals surface area contributed by atoms with Gasteiger partial charge in [0.05, 0.1) is 5.69 Å². The van der Waals surface area contributed by atoms with Gasteiger partial charge in [0, 0.05) is 31.0 Å². The molecule has 0 saturated carbocycles. The summed E-state index contributed by atoms with van der Waals surface area (Å²) in [6.45, 7) is 7.56. The van der Waals surface area contributed by atoms with Crippen LogP contribution in [0.1, 0.15) is 29.8 Å².